The second-order valence-electron chi connectivity index (χ2n) is 8.94. The molecule has 4 nitrogen and oxygen atoms in total. The number of carbonyl (C=O) groups is 1. The quantitative estimate of drug-likeness (QED) is 0.683. The monoisotopic (exact) mass is 378 g/mol. The van der Waals surface area contributed by atoms with Gasteiger partial charge in [-0.3, -0.25) is 4.79 Å². The van der Waals surface area contributed by atoms with Gasteiger partial charge in [0.25, 0.3) is 5.91 Å². The zero-order valence-corrected chi connectivity index (χ0v) is 17.5. The SMILES string of the molecule is CC(C)(C)CC(C)(C)c1ccc(OCCNC(=O)c2cccc(C#N)c2)cc1. The smallest absolute Gasteiger partial charge is 0.251 e. The maximum absolute atomic E-state index is 12.1. The van der Waals surface area contributed by atoms with Crippen molar-refractivity contribution in [2.45, 2.75) is 46.5 Å². The van der Waals surface area contributed by atoms with Gasteiger partial charge in [-0.25, -0.2) is 0 Å². The van der Waals surface area contributed by atoms with E-state index < -0.39 is 0 Å². The van der Waals surface area contributed by atoms with Gasteiger partial charge in [-0.05, 0) is 53.1 Å². The summed E-state index contributed by atoms with van der Waals surface area (Å²) >= 11 is 0. The third-order valence-corrected chi connectivity index (χ3v) is 4.52. The fraction of sp³-hybridized carbons (Fsp3) is 0.417. The Morgan fingerprint density at radius 1 is 1.07 bits per heavy atom. The Morgan fingerprint density at radius 3 is 2.36 bits per heavy atom. The van der Waals surface area contributed by atoms with Crippen LogP contribution in [0.5, 0.6) is 5.75 Å². The summed E-state index contributed by atoms with van der Waals surface area (Å²) in [5.74, 6) is 0.580. The van der Waals surface area contributed by atoms with Gasteiger partial charge in [0, 0.05) is 5.56 Å². The minimum absolute atomic E-state index is 0.0999. The van der Waals surface area contributed by atoms with Crippen molar-refractivity contribution in [3.8, 4) is 11.8 Å². The van der Waals surface area contributed by atoms with E-state index in [-0.39, 0.29) is 16.7 Å². The first kappa shape index (κ1) is 21.5. The van der Waals surface area contributed by atoms with Crippen molar-refractivity contribution >= 4 is 5.91 Å². The number of nitrogens with one attached hydrogen (secondary N) is 1. The predicted octanol–water partition coefficient (Wildman–Crippen LogP) is 5.08. The molecule has 2 rings (SSSR count). The van der Waals surface area contributed by atoms with Gasteiger partial charge in [0.15, 0.2) is 0 Å². The van der Waals surface area contributed by atoms with Crippen LogP contribution < -0.4 is 10.1 Å². The second kappa shape index (κ2) is 8.93. The van der Waals surface area contributed by atoms with Crippen molar-refractivity contribution < 1.29 is 9.53 Å². The zero-order chi connectivity index (χ0) is 20.8. The highest BCUT2D eigenvalue weighted by atomic mass is 16.5. The lowest BCUT2D eigenvalue weighted by Crippen LogP contribution is -2.28. The molecule has 0 fully saturated rings. The van der Waals surface area contributed by atoms with Gasteiger partial charge >= 0.3 is 0 Å². The van der Waals surface area contributed by atoms with E-state index in [0.29, 0.717) is 24.3 Å². The van der Waals surface area contributed by atoms with E-state index in [4.69, 9.17) is 10.00 Å². The lowest BCUT2D eigenvalue weighted by atomic mass is 9.72. The molecule has 0 heterocycles. The van der Waals surface area contributed by atoms with E-state index in [9.17, 15) is 4.79 Å². The Balaban J connectivity index is 1.83. The van der Waals surface area contributed by atoms with Crippen LogP contribution in [0.4, 0.5) is 0 Å². The highest BCUT2D eigenvalue weighted by molar-refractivity contribution is 5.94. The first-order valence-corrected chi connectivity index (χ1v) is 9.62. The van der Waals surface area contributed by atoms with Gasteiger partial charge in [0.05, 0.1) is 18.2 Å². The highest BCUT2D eigenvalue weighted by Gasteiger charge is 2.27. The Labute approximate surface area is 168 Å². The number of carbonyl (C=O) groups excluding carboxylic acids is 1. The average Bonchev–Trinajstić information content (AvgIpc) is 2.63. The maximum Gasteiger partial charge on any atom is 0.251 e. The zero-order valence-electron chi connectivity index (χ0n) is 17.5. The van der Waals surface area contributed by atoms with Crippen LogP contribution in [0.1, 0.15) is 62.5 Å². The molecule has 2 aromatic carbocycles. The molecule has 1 amide bonds. The summed E-state index contributed by atoms with van der Waals surface area (Å²) in [6, 6.07) is 16.9. The van der Waals surface area contributed by atoms with Gasteiger partial charge in [-0.1, -0.05) is 52.8 Å². The molecule has 0 atom stereocenters. The van der Waals surface area contributed by atoms with Crippen LogP contribution in [0.2, 0.25) is 0 Å². The lowest BCUT2D eigenvalue weighted by Gasteiger charge is -2.33. The normalized spacial score (nSPS) is 11.6. The molecule has 0 saturated carbocycles. The molecule has 0 aliphatic heterocycles. The fourth-order valence-corrected chi connectivity index (χ4v) is 3.60. The number of benzene rings is 2. The summed E-state index contributed by atoms with van der Waals surface area (Å²) in [5.41, 5.74) is 2.61. The molecule has 1 N–H and O–H groups in total. The molecule has 28 heavy (non-hydrogen) atoms. The van der Waals surface area contributed by atoms with E-state index in [2.05, 4.69) is 52.1 Å². The van der Waals surface area contributed by atoms with Gasteiger partial charge in [-0.15, -0.1) is 0 Å². The molecular weight excluding hydrogens is 348 g/mol. The first-order valence-electron chi connectivity index (χ1n) is 9.62. The van der Waals surface area contributed by atoms with E-state index in [1.807, 2.05) is 18.2 Å². The van der Waals surface area contributed by atoms with E-state index in [0.717, 1.165) is 12.2 Å². The molecule has 0 unspecified atom stereocenters. The molecule has 0 aliphatic carbocycles. The third kappa shape index (κ3) is 6.42. The first-order chi connectivity index (χ1) is 13.1. The Hall–Kier alpha value is -2.80. The molecule has 0 radical (unpaired) electrons. The summed E-state index contributed by atoms with van der Waals surface area (Å²) in [6.07, 6.45) is 1.10. The Morgan fingerprint density at radius 2 is 1.75 bits per heavy atom. The van der Waals surface area contributed by atoms with E-state index in [1.54, 1.807) is 24.3 Å². The van der Waals surface area contributed by atoms with Crippen molar-refractivity contribution in [3.05, 3.63) is 65.2 Å². The topological polar surface area (TPSA) is 62.1 Å². The molecule has 0 saturated heterocycles. The van der Waals surface area contributed by atoms with Crippen molar-refractivity contribution in [2.24, 2.45) is 5.41 Å². The molecule has 0 aliphatic rings. The van der Waals surface area contributed by atoms with Crippen LogP contribution in [0.15, 0.2) is 48.5 Å². The summed E-state index contributed by atoms with van der Waals surface area (Å²) in [4.78, 5) is 12.1. The van der Waals surface area contributed by atoms with Crippen LogP contribution in [-0.2, 0) is 5.41 Å². The van der Waals surface area contributed by atoms with Crippen molar-refractivity contribution in [1.82, 2.24) is 5.32 Å². The number of nitrogens with zero attached hydrogens (tertiary/aromatic N) is 1. The van der Waals surface area contributed by atoms with Crippen LogP contribution >= 0.6 is 0 Å². The summed E-state index contributed by atoms with van der Waals surface area (Å²) in [6.45, 7) is 12.1. The van der Waals surface area contributed by atoms with Gasteiger partial charge in [-0.2, -0.15) is 5.26 Å². The van der Waals surface area contributed by atoms with Crippen molar-refractivity contribution in [3.63, 3.8) is 0 Å². The molecule has 0 bridgehead atoms. The van der Waals surface area contributed by atoms with Crippen LogP contribution in [0, 0.1) is 16.7 Å². The molecule has 0 aromatic heterocycles. The molecule has 148 valence electrons. The van der Waals surface area contributed by atoms with Crippen LogP contribution in [0.3, 0.4) is 0 Å². The second-order valence-corrected chi connectivity index (χ2v) is 8.94. The third-order valence-electron chi connectivity index (χ3n) is 4.52. The lowest BCUT2D eigenvalue weighted by molar-refractivity contribution is 0.0947. The average molecular weight is 379 g/mol. The number of ether oxygens (including phenoxy) is 1. The molecule has 4 heteroatoms. The van der Waals surface area contributed by atoms with Crippen LogP contribution in [-0.4, -0.2) is 19.1 Å². The maximum atomic E-state index is 12.1. The van der Waals surface area contributed by atoms with E-state index >= 15 is 0 Å². The predicted molar refractivity (Wildman–Crippen MR) is 113 cm³/mol. The minimum atomic E-state index is -0.208. The largest absolute Gasteiger partial charge is 0.492 e. The molecule has 0 spiro atoms. The summed E-state index contributed by atoms with van der Waals surface area (Å²) in [7, 11) is 0. The standard InChI is InChI=1S/C24H30N2O2/c1-23(2,3)17-24(4,5)20-9-11-21(12-10-20)28-14-13-26-22(27)19-8-6-7-18(15-19)16-25/h6-12,15H,13-14,17H2,1-5H3,(H,26,27). The fourth-order valence-electron chi connectivity index (χ4n) is 3.60. The Kier molecular flexibility index (Phi) is 6.85. The number of hydrogen-bond acceptors (Lipinski definition) is 3. The summed E-state index contributed by atoms with van der Waals surface area (Å²) < 4.78 is 5.74. The minimum Gasteiger partial charge on any atom is -0.492 e. The molecular formula is C24H30N2O2. The van der Waals surface area contributed by atoms with Crippen molar-refractivity contribution in [1.29, 1.82) is 5.26 Å². The Bertz CT molecular complexity index is 840. The van der Waals surface area contributed by atoms with Gasteiger partial charge in [0.2, 0.25) is 0 Å². The number of rotatable bonds is 7. The summed E-state index contributed by atoms with van der Waals surface area (Å²) in [5, 5.41) is 11.7. The van der Waals surface area contributed by atoms with Crippen LogP contribution in [0.25, 0.3) is 0 Å². The van der Waals surface area contributed by atoms with Crippen molar-refractivity contribution in [2.75, 3.05) is 13.2 Å². The number of amides is 1. The van der Waals surface area contributed by atoms with Gasteiger partial charge < -0.3 is 10.1 Å². The highest BCUT2D eigenvalue weighted by Crippen LogP contribution is 2.36. The van der Waals surface area contributed by atoms with E-state index in [1.165, 1.54) is 5.56 Å². The number of nitriles is 1. The molecule has 2 aromatic rings. The van der Waals surface area contributed by atoms with Gasteiger partial charge in [0.1, 0.15) is 12.4 Å². The number of hydrogen-bond donors (Lipinski definition) is 1.